The highest BCUT2D eigenvalue weighted by molar-refractivity contribution is 5.79. The third kappa shape index (κ3) is 2.33. The molecular weight excluding hydrogens is 188 g/mol. The van der Waals surface area contributed by atoms with Crippen molar-refractivity contribution in [1.82, 2.24) is 5.32 Å². The lowest BCUT2D eigenvalue weighted by atomic mass is 9.99. The van der Waals surface area contributed by atoms with Gasteiger partial charge in [0.15, 0.2) is 0 Å². The van der Waals surface area contributed by atoms with E-state index in [4.69, 9.17) is 5.73 Å². The molecule has 0 saturated heterocycles. The zero-order valence-electron chi connectivity index (χ0n) is 9.75. The lowest BCUT2D eigenvalue weighted by Crippen LogP contribution is -2.41. The number of carbonyl (C=O) groups excluding carboxylic acids is 1. The highest BCUT2D eigenvalue weighted by Gasteiger charge is 2.53. The number of hydrogen-bond acceptors (Lipinski definition) is 2. The van der Waals surface area contributed by atoms with Crippen molar-refractivity contribution in [2.75, 3.05) is 6.54 Å². The molecule has 0 aromatic carbocycles. The summed E-state index contributed by atoms with van der Waals surface area (Å²) < 4.78 is 0. The molecule has 3 N–H and O–H groups in total. The van der Waals surface area contributed by atoms with E-state index in [9.17, 15) is 4.79 Å². The van der Waals surface area contributed by atoms with Gasteiger partial charge in [0.1, 0.15) is 0 Å². The lowest BCUT2D eigenvalue weighted by Gasteiger charge is -2.19. The van der Waals surface area contributed by atoms with Crippen molar-refractivity contribution in [3.05, 3.63) is 0 Å². The van der Waals surface area contributed by atoms with Gasteiger partial charge in [-0.3, -0.25) is 4.79 Å². The average Bonchev–Trinajstić information content (AvgIpc) is 3.01. The number of nitrogens with two attached hydrogens (primary N) is 1. The Balaban J connectivity index is 1.75. The highest BCUT2D eigenvalue weighted by Crippen LogP contribution is 2.60. The summed E-state index contributed by atoms with van der Waals surface area (Å²) in [6.07, 6.45) is 5.37. The maximum atomic E-state index is 11.7. The Bertz CT molecular complexity index is 254. The number of carbonyl (C=O) groups is 1. The maximum Gasteiger partial charge on any atom is 0.224 e. The summed E-state index contributed by atoms with van der Waals surface area (Å²) in [5.74, 6) is 0.959. The highest BCUT2D eigenvalue weighted by atomic mass is 16.1. The van der Waals surface area contributed by atoms with Gasteiger partial charge >= 0.3 is 0 Å². The van der Waals surface area contributed by atoms with E-state index in [0.29, 0.717) is 5.41 Å². The minimum Gasteiger partial charge on any atom is -0.355 e. The molecule has 0 aromatic rings. The molecule has 2 aliphatic rings. The molecule has 3 nitrogen and oxygen atoms in total. The van der Waals surface area contributed by atoms with Crippen LogP contribution < -0.4 is 11.1 Å². The van der Waals surface area contributed by atoms with Gasteiger partial charge in [0.2, 0.25) is 5.91 Å². The second kappa shape index (κ2) is 3.78. The first-order valence-electron chi connectivity index (χ1n) is 6.08. The van der Waals surface area contributed by atoms with Gasteiger partial charge in [-0.05, 0) is 43.9 Å². The Hall–Kier alpha value is -0.570. The van der Waals surface area contributed by atoms with E-state index in [1.54, 1.807) is 0 Å². The van der Waals surface area contributed by atoms with Crippen LogP contribution >= 0.6 is 0 Å². The topological polar surface area (TPSA) is 55.1 Å². The Morgan fingerprint density at radius 1 is 1.47 bits per heavy atom. The number of hydrogen-bond donors (Lipinski definition) is 2. The van der Waals surface area contributed by atoms with Crippen LogP contribution in [0.25, 0.3) is 0 Å². The first-order valence-corrected chi connectivity index (χ1v) is 6.08. The van der Waals surface area contributed by atoms with Gasteiger partial charge in [0.25, 0.3) is 0 Å². The van der Waals surface area contributed by atoms with E-state index in [1.165, 1.54) is 25.7 Å². The van der Waals surface area contributed by atoms with Crippen LogP contribution in [-0.4, -0.2) is 18.5 Å². The third-order valence-corrected chi connectivity index (χ3v) is 4.15. The standard InChI is InChI=1S/C12H22N2O/c1-8(9(2)13)11(15)14-7-12(5-6-12)10-3-4-10/h8-10H,3-7,13H2,1-2H3,(H,14,15). The fourth-order valence-corrected chi connectivity index (χ4v) is 2.25. The van der Waals surface area contributed by atoms with Crippen molar-refractivity contribution in [1.29, 1.82) is 0 Å². The van der Waals surface area contributed by atoms with Crippen LogP contribution in [0.3, 0.4) is 0 Å². The summed E-state index contributed by atoms with van der Waals surface area (Å²) in [6.45, 7) is 4.67. The molecule has 0 radical (unpaired) electrons. The summed E-state index contributed by atoms with van der Waals surface area (Å²) in [4.78, 5) is 11.7. The number of nitrogens with one attached hydrogen (secondary N) is 1. The van der Waals surface area contributed by atoms with E-state index in [1.807, 2.05) is 13.8 Å². The molecule has 2 rings (SSSR count). The monoisotopic (exact) mass is 210 g/mol. The van der Waals surface area contributed by atoms with Crippen LogP contribution in [0.1, 0.15) is 39.5 Å². The van der Waals surface area contributed by atoms with Crippen molar-refractivity contribution < 1.29 is 4.79 Å². The second-order valence-corrected chi connectivity index (χ2v) is 5.50. The molecule has 0 spiro atoms. The molecule has 3 heteroatoms. The maximum absolute atomic E-state index is 11.7. The SMILES string of the molecule is CC(N)C(C)C(=O)NCC1(C2CC2)CC1. The first-order chi connectivity index (χ1) is 7.05. The van der Waals surface area contributed by atoms with Crippen LogP contribution in [0.2, 0.25) is 0 Å². The lowest BCUT2D eigenvalue weighted by molar-refractivity contribution is -0.125. The normalized spacial score (nSPS) is 26.9. The minimum atomic E-state index is -0.0694. The predicted octanol–water partition coefficient (Wildman–Crippen LogP) is 1.28. The molecule has 2 unspecified atom stereocenters. The third-order valence-electron chi connectivity index (χ3n) is 4.15. The van der Waals surface area contributed by atoms with E-state index in [0.717, 1.165) is 12.5 Å². The fraction of sp³-hybridized carbons (Fsp3) is 0.917. The molecule has 0 heterocycles. The van der Waals surface area contributed by atoms with Crippen molar-refractivity contribution in [2.24, 2.45) is 23.0 Å². The summed E-state index contributed by atoms with van der Waals surface area (Å²) in [5, 5.41) is 3.07. The van der Waals surface area contributed by atoms with Crippen LogP contribution in [-0.2, 0) is 4.79 Å². The van der Waals surface area contributed by atoms with Crippen molar-refractivity contribution in [2.45, 2.75) is 45.6 Å². The van der Waals surface area contributed by atoms with Gasteiger partial charge in [-0.1, -0.05) is 6.92 Å². The van der Waals surface area contributed by atoms with Crippen molar-refractivity contribution in [3.63, 3.8) is 0 Å². The molecule has 2 fully saturated rings. The van der Waals surface area contributed by atoms with Crippen molar-refractivity contribution >= 4 is 5.91 Å². The average molecular weight is 210 g/mol. The van der Waals surface area contributed by atoms with Gasteiger partial charge in [0, 0.05) is 18.5 Å². The molecule has 2 saturated carbocycles. The van der Waals surface area contributed by atoms with Crippen LogP contribution in [0, 0.1) is 17.3 Å². The molecule has 0 aromatic heterocycles. The number of amides is 1. The van der Waals surface area contributed by atoms with Crippen LogP contribution in [0.5, 0.6) is 0 Å². The Labute approximate surface area is 91.8 Å². The molecule has 2 atom stereocenters. The zero-order valence-corrected chi connectivity index (χ0v) is 9.75. The number of rotatable bonds is 5. The van der Waals surface area contributed by atoms with E-state index in [2.05, 4.69) is 5.32 Å². The summed E-state index contributed by atoms with van der Waals surface area (Å²) in [6, 6.07) is -0.0546. The first kappa shape index (κ1) is 10.9. The van der Waals surface area contributed by atoms with Gasteiger partial charge < -0.3 is 11.1 Å². The Morgan fingerprint density at radius 2 is 2.07 bits per heavy atom. The second-order valence-electron chi connectivity index (χ2n) is 5.50. The van der Waals surface area contributed by atoms with Gasteiger partial charge in [-0.2, -0.15) is 0 Å². The summed E-state index contributed by atoms with van der Waals surface area (Å²) in [7, 11) is 0. The van der Waals surface area contributed by atoms with Gasteiger partial charge in [-0.15, -0.1) is 0 Å². The molecule has 0 aliphatic heterocycles. The predicted molar refractivity (Wildman–Crippen MR) is 60.2 cm³/mol. The molecule has 2 aliphatic carbocycles. The van der Waals surface area contributed by atoms with Crippen LogP contribution in [0.15, 0.2) is 0 Å². The molecule has 0 bridgehead atoms. The molecule has 1 amide bonds. The van der Waals surface area contributed by atoms with Crippen LogP contribution in [0.4, 0.5) is 0 Å². The minimum absolute atomic E-state index is 0.0546. The fourth-order valence-electron chi connectivity index (χ4n) is 2.25. The zero-order chi connectivity index (χ0) is 11.1. The van der Waals surface area contributed by atoms with Gasteiger partial charge in [0.05, 0.1) is 0 Å². The Morgan fingerprint density at radius 3 is 2.47 bits per heavy atom. The molecule has 86 valence electrons. The van der Waals surface area contributed by atoms with Crippen molar-refractivity contribution in [3.8, 4) is 0 Å². The summed E-state index contributed by atoms with van der Waals surface area (Å²) in [5.41, 5.74) is 6.20. The molecular formula is C12H22N2O. The largest absolute Gasteiger partial charge is 0.355 e. The van der Waals surface area contributed by atoms with E-state index < -0.39 is 0 Å². The Kier molecular flexibility index (Phi) is 2.75. The van der Waals surface area contributed by atoms with Gasteiger partial charge in [-0.25, -0.2) is 0 Å². The molecule has 15 heavy (non-hydrogen) atoms. The quantitative estimate of drug-likeness (QED) is 0.718. The van der Waals surface area contributed by atoms with E-state index in [-0.39, 0.29) is 17.9 Å². The summed E-state index contributed by atoms with van der Waals surface area (Å²) >= 11 is 0. The van der Waals surface area contributed by atoms with E-state index >= 15 is 0 Å². The smallest absolute Gasteiger partial charge is 0.224 e.